The molecule has 0 spiro atoms. The zero-order chi connectivity index (χ0) is 17.3. The molecule has 7 heteroatoms. The summed E-state index contributed by atoms with van der Waals surface area (Å²) < 4.78 is 0. The zero-order valence-electron chi connectivity index (χ0n) is 12.2. The van der Waals surface area contributed by atoms with E-state index in [0.29, 0.717) is 10.6 Å². The average molecular weight is 343 g/mol. The Balaban J connectivity index is 2.03. The number of anilines is 1. The Morgan fingerprint density at radius 1 is 1.04 bits per heavy atom. The molecular weight excluding hydrogens is 332 g/mol. The molecule has 0 atom stereocenters. The number of urea groups is 1. The fourth-order valence-corrected chi connectivity index (χ4v) is 2.47. The van der Waals surface area contributed by atoms with Crippen LogP contribution in [0.4, 0.5) is 10.5 Å². The third-order valence-electron chi connectivity index (χ3n) is 3.35. The average Bonchev–Trinajstić information content (AvgIpc) is 2.51. The number of rotatable bonds is 2. The first-order chi connectivity index (χ1) is 11.5. The number of amides is 4. The summed E-state index contributed by atoms with van der Waals surface area (Å²) in [5.74, 6) is -1.57. The van der Waals surface area contributed by atoms with Crippen molar-refractivity contribution in [1.29, 1.82) is 0 Å². The van der Waals surface area contributed by atoms with Gasteiger partial charge in [0, 0.05) is 5.02 Å². The molecule has 0 unspecified atom stereocenters. The summed E-state index contributed by atoms with van der Waals surface area (Å²) in [5.41, 5.74) is 0.480. The highest BCUT2D eigenvalue weighted by molar-refractivity contribution is 6.39. The lowest BCUT2D eigenvalue weighted by atomic mass is 10.1. The quantitative estimate of drug-likeness (QED) is 0.649. The molecule has 1 saturated heterocycles. The topological polar surface area (TPSA) is 86.7 Å². The van der Waals surface area contributed by atoms with Crippen molar-refractivity contribution in [3.63, 3.8) is 0 Å². The molecule has 120 valence electrons. The van der Waals surface area contributed by atoms with Crippen molar-refractivity contribution in [2.75, 3.05) is 4.90 Å². The molecule has 6 nitrogen and oxygen atoms in total. The van der Waals surface area contributed by atoms with Gasteiger partial charge in [-0.15, -0.1) is 0 Å². The summed E-state index contributed by atoms with van der Waals surface area (Å²) in [5, 5.41) is 11.9. The van der Waals surface area contributed by atoms with Crippen molar-refractivity contribution < 1.29 is 19.5 Å². The van der Waals surface area contributed by atoms with Gasteiger partial charge in [-0.25, -0.2) is 9.69 Å². The van der Waals surface area contributed by atoms with Crippen LogP contribution in [-0.4, -0.2) is 23.0 Å². The molecule has 0 aromatic heterocycles. The second-order valence-corrected chi connectivity index (χ2v) is 5.47. The molecule has 0 bridgehead atoms. The van der Waals surface area contributed by atoms with Crippen LogP contribution >= 0.6 is 11.6 Å². The number of phenols is 1. The number of phenolic OH excluding ortho intramolecular Hbond substituents is 1. The van der Waals surface area contributed by atoms with Gasteiger partial charge in [-0.05, 0) is 42.0 Å². The maximum atomic E-state index is 12.6. The van der Waals surface area contributed by atoms with Crippen molar-refractivity contribution in [3.8, 4) is 5.75 Å². The van der Waals surface area contributed by atoms with Crippen molar-refractivity contribution >= 4 is 41.2 Å². The van der Waals surface area contributed by atoms with Crippen molar-refractivity contribution in [2.24, 2.45) is 0 Å². The molecule has 1 aliphatic rings. The summed E-state index contributed by atoms with van der Waals surface area (Å²) in [4.78, 5) is 37.5. The minimum Gasteiger partial charge on any atom is -0.508 e. The maximum absolute atomic E-state index is 12.6. The van der Waals surface area contributed by atoms with E-state index >= 15 is 0 Å². The number of halogens is 1. The van der Waals surface area contributed by atoms with Crippen LogP contribution < -0.4 is 10.2 Å². The molecule has 1 fully saturated rings. The van der Waals surface area contributed by atoms with Crippen LogP contribution in [0, 0.1) is 0 Å². The number of nitrogens with zero attached hydrogens (tertiary/aromatic N) is 1. The number of barbiturate groups is 1. The van der Waals surface area contributed by atoms with E-state index in [1.165, 1.54) is 30.3 Å². The van der Waals surface area contributed by atoms with E-state index in [-0.39, 0.29) is 17.0 Å². The van der Waals surface area contributed by atoms with Crippen molar-refractivity contribution in [1.82, 2.24) is 5.32 Å². The van der Waals surface area contributed by atoms with Crippen LogP contribution in [-0.2, 0) is 9.59 Å². The van der Waals surface area contributed by atoms with Crippen LogP contribution in [0.1, 0.15) is 5.56 Å². The molecule has 2 aromatic rings. The van der Waals surface area contributed by atoms with Crippen LogP contribution in [0.3, 0.4) is 0 Å². The molecule has 0 saturated carbocycles. The highest BCUT2D eigenvalue weighted by atomic mass is 35.5. The van der Waals surface area contributed by atoms with E-state index in [0.717, 1.165) is 4.90 Å². The van der Waals surface area contributed by atoms with E-state index in [9.17, 15) is 19.5 Å². The fourth-order valence-electron chi connectivity index (χ4n) is 2.29. The summed E-state index contributed by atoms with van der Waals surface area (Å²) in [7, 11) is 0. The predicted molar refractivity (Wildman–Crippen MR) is 88.6 cm³/mol. The summed E-state index contributed by atoms with van der Waals surface area (Å²) in [6.45, 7) is 0. The smallest absolute Gasteiger partial charge is 0.335 e. The standard InChI is InChI=1S/C17H11ClN2O4/c18-11-4-2-5-12(9-11)20-16(23)14(15(22)19-17(20)24)8-10-3-1-6-13(21)7-10/h1-9,21H,(H,19,22,24)/b14-8+. The number of nitrogens with one attached hydrogen (secondary N) is 1. The molecule has 3 rings (SSSR count). The third-order valence-corrected chi connectivity index (χ3v) is 3.58. The van der Waals surface area contributed by atoms with Gasteiger partial charge in [-0.3, -0.25) is 14.9 Å². The third kappa shape index (κ3) is 3.00. The Kier molecular flexibility index (Phi) is 4.05. The predicted octanol–water partition coefficient (Wildman–Crippen LogP) is 2.71. The van der Waals surface area contributed by atoms with Crippen LogP contribution in [0.5, 0.6) is 5.75 Å². The normalized spacial score (nSPS) is 16.5. The number of hydrogen-bond donors (Lipinski definition) is 2. The van der Waals surface area contributed by atoms with Gasteiger partial charge in [0.1, 0.15) is 11.3 Å². The number of carbonyl (C=O) groups is 3. The van der Waals surface area contributed by atoms with Gasteiger partial charge >= 0.3 is 6.03 Å². The number of carbonyl (C=O) groups excluding carboxylic acids is 3. The molecule has 0 aliphatic carbocycles. The van der Waals surface area contributed by atoms with Crippen LogP contribution in [0.2, 0.25) is 5.02 Å². The highest BCUT2D eigenvalue weighted by Crippen LogP contribution is 2.24. The van der Waals surface area contributed by atoms with E-state index < -0.39 is 17.8 Å². The zero-order valence-corrected chi connectivity index (χ0v) is 12.9. The van der Waals surface area contributed by atoms with Crippen molar-refractivity contribution in [3.05, 3.63) is 64.7 Å². The first kappa shape index (κ1) is 15.8. The van der Waals surface area contributed by atoms with Gasteiger partial charge in [0.25, 0.3) is 11.8 Å². The Morgan fingerprint density at radius 3 is 2.50 bits per heavy atom. The van der Waals surface area contributed by atoms with Gasteiger partial charge in [0.2, 0.25) is 0 Å². The van der Waals surface area contributed by atoms with E-state index in [4.69, 9.17) is 11.6 Å². The number of benzene rings is 2. The molecule has 1 aliphatic heterocycles. The van der Waals surface area contributed by atoms with Gasteiger partial charge in [-0.2, -0.15) is 0 Å². The van der Waals surface area contributed by atoms with Crippen molar-refractivity contribution in [2.45, 2.75) is 0 Å². The first-order valence-corrected chi connectivity index (χ1v) is 7.29. The van der Waals surface area contributed by atoms with Crippen LogP contribution in [0.15, 0.2) is 54.1 Å². The van der Waals surface area contributed by atoms with E-state index in [2.05, 4.69) is 5.32 Å². The molecular formula is C17H11ClN2O4. The van der Waals surface area contributed by atoms with Gasteiger partial charge < -0.3 is 5.11 Å². The largest absolute Gasteiger partial charge is 0.508 e. The van der Waals surface area contributed by atoms with Gasteiger partial charge in [0.05, 0.1) is 5.69 Å². The first-order valence-electron chi connectivity index (χ1n) is 6.92. The minimum atomic E-state index is -0.847. The number of imide groups is 2. The molecule has 2 N–H and O–H groups in total. The van der Waals surface area contributed by atoms with E-state index in [1.807, 2.05) is 0 Å². The Bertz CT molecular complexity index is 892. The monoisotopic (exact) mass is 342 g/mol. The summed E-state index contributed by atoms with van der Waals surface area (Å²) >= 11 is 5.89. The Morgan fingerprint density at radius 2 is 1.79 bits per heavy atom. The molecule has 4 amide bonds. The SMILES string of the molecule is O=C1NC(=O)N(c2cccc(Cl)c2)C(=O)/C1=C/c1cccc(O)c1. The molecule has 1 heterocycles. The summed E-state index contributed by atoms with van der Waals surface area (Å²) in [6.07, 6.45) is 1.31. The lowest BCUT2D eigenvalue weighted by molar-refractivity contribution is -0.122. The molecule has 0 radical (unpaired) electrons. The van der Waals surface area contributed by atoms with Gasteiger partial charge in [-0.1, -0.05) is 29.8 Å². The Hall–Kier alpha value is -3.12. The van der Waals surface area contributed by atoms with E-state index in [1.54, 1.807) is 24.3 Å². The second-order valence-electron chi connectivity index (χ2n) is 5.03. The molecule has 24 heavy (non-hydrogen) atoms. The van der Waals surface area contributed by atoms with Crippen LogP contribution in [0.25, 0.3) is 6.08 Å². The summed E-state index contributed by atoms with van der Waals surface area (Å²) in [6, 6.07) is 11.4. The Labute approximate surface area is 142 Å². The lowest BCUT2D eigenvalue weighted by Crippen LogP contribution is -2.54. The highest BCUT2D eigenvalue weighted by Gasteiger charge is 2.36. The minimum absolute atomic E-state index is 0.00390. The maximum Gasteiger partial charge on any atom is 0.335 e. The lowest BCUT2D eigenvalue weighted by Gasteiger charge is -2.26. The number of aromatic hydroxyl groups is 1. The second kappa shape index (κ2) is 6.17. The number of hydrogen-bond acceptors (Lipinski definition) is 4. The van der Waals surface area contributed by atoms with Gasteiger partial charge in [0.15, 0.2) is 0 Å². The molecule has 2 aromatic carbocycles. The fraction of sp³-hybridized carbons (Fsp3) is 0.